The second-order valence-corrected chi connectivity index (χ2v) is 7.92. The maximum Gasteiger partial charge on any atom is 0.317 e. The molecule has 0 saturated carbocycles. The van der Waals surface area contributed by atoms with Crippen LogP contribution in [0.25, 0.3) is 6.08 Å². The molecule has 0 radical (unpaired) electrons. The third-order valence-corrected chi connectivity index (χ3v) is 6.12. The summed E-state index contributed by atoms with van der Waals surface area (Å²) in [5.41, 5.74) is 2.27. The first-order valence-electron chi connectivity index (χ1n) is 9.49. The third-order valence-electron chi connectivity index (χ3n) is 4.78. The number of rotatable bonds is 5. The number of hydrogen-bond acceptors (Lipinski definition) is 4. The lowest BCUT2D eigenvalue weighted by atomic mass is 9.94. The molecule has 2 atom stereocenters. The number of nitrogens with one attached hydrogen (secondary N) is 2. The lowest BCUT2D eigenvalue weighted by Gasteiger charge is -2.28. The van der Waals surface area contributed by atoms with Crippen LogP contribution in [0.2, 0.25) is 0 Å². The zero-order valence-electron chi connectivity index (χ0n) is 16.2. The van der Waals surface area contributed by atoms with Crippen LogP contribution in [0.1, 0.15) is 18.9 Å². The second-order valence-electron chi connectivity index (χ2n) is 6.68. The number of thioether (sulfide) groups is 1. The molecule has 6 nitrogen and oxygen atoms in total. The predicted octanol–water partition coefficient (Wildman–Crippen LogP) is 2.90. The standard InChI is InChI=1S/C21H26N4O2S/c1-3-23-21(27)25-12-11-16-17(13-22-2)20(28-18(16)14-25)24-19(26)10-9-15-7-5-4-6-8-15/h4-10,13,17,20H,3,11-12,14H2,1-2H3,(H,23,27)(H,24,26)/b10-9+,22-13?. The van der Waals surface area contributed by atoms with Gasteiger partial charge in [-0.05, 0) is 30.6 Å². The van der Waals surface area contributed by atoms with E-state index in [1.165, 1.54) is 10.5 Å². The fraction of sp³-hybridized carbons (Fsp3) is 0.381. The fourth-order valence-electron chi connectivity index (χ4n) is 3.43. The van der Waals surface area contributed by atoms with Crippen molar-refractivity contribution < 1.29 is 9.59 Å². The molecule has 1 aromatic rings. The van der Waals surface area contributed by atoms with Gasteiger partial charge >= 0.3 is 6.03 Å². The van der Waals surface area contributed by atoms with Gasteiger partial charge in [0.15, 0.2) is 0 Å². The summed E-state index contributed by atoms with van der Waals surface area (Å²) in [5.74, 6) is -0.0632. The summed E-state index contributed by atoms with van der Waals surface area (Å²) in [6.07, 6.45) is 6.09. The molecule has 3 amide bonds. The van der Waals surface area contributed by atoms with Crippen LogP contribution in [0.4, 0.5) is 4.79 Å². The molecule has 2 N–H and O–H groups in total. The van der Waals surface area contributed by atoms with Crippen LogP contribution in [-0.4, -0.2) is 55.1 Å². The van der Waals surface area contributed by atoms with Crippen molar-refractivity contribution in [2.75, 3.05) is 26.7 Å². The average molecular weight is 399 g/mol. The van der Waals surface area contributed by atoms with Gasteiger partial charge in [0, 0.05) is 43.3 Å². The molecule has 0 spiro atoms. The van der Waals surface area contributed by atoms with Gasteiger partial charge in [-0.2, -0.15) is 0 Å². The highest BCUT2D eigenvalue weighted by molar-refractivity contribution is 8.04. The topological polar surface area (TPSA) is 73.8 Å². The molecular weight excluding hydrogens is 372 g/mol. The number of carbonyl (C=O) groups is 2. The van der Waals surface area contributed by atoms with E-state index in [0.717, 1.165) is 12.0 Å². The Morgan fingerprint density at radius 1 is 1.32 bits per heavy atom. The maximum atomic E-state index is 12.4. The van der Waals surface area contributed by atoms with Crippen molar-refractivity contribution in [1.82, 2.24) is 15.5 Å². The molecule has 0 aromatic heterocycles. The zero-order valence-corrected chi connectivity index (χ0v) is 17.0. The summed E-state index contributed by atoms with van der Waals surface area (Å²) in [7, 11) is 1.75. The lowest BCUT2D eigenvalue weighted by Crippen LogP contribution is -2.43. The van der Waals surface area contributed by atoms with Crippen LogP contribution in [0.5, 0.6) is 0 Å². The van der Waals surface area contributed by atoms with E-state index < -0.39 is 0 Å². The molecule has 3 rings (SSSR count). The Balaban J connectivity index is 1.65. The Hall–Kier alpha value is -2.54. The molecule has 2 heterocycles. The molecule has 2 aliphatic heterocycles. The van der Waals surface area contributed by atoms with Crippen LogP contribution in [0, 0.1) is 5.92 Å². The molecule has 2 unspecified atom stereocenters. The largest absolute Gasteiger partial charge is 0.339 e. The molecule has 0 fully saturated rings. The van der Waals surface area contributed by atoms with Gasteiger partial charge in [0.05, 0.1) is 11.9 Å². The van der Waals surface area contributed by atoms with Crippen molar-refractivity contribution in [1.29, 1.82) is 0 Å². The lowest BCUT2D eigenvalue weighted by molar-refractivity contribution is -0.116. The molecule has 28 heavy (non-hydrogen) atoms. The molecule has 0 bridgehead atoms. The number of hydrogen-bond donors (Lipinski definition) is 2. The molecule has 148 valence electrons. The number of carbonyl (C=O) groups excluding carboxylic acids is 2. The zero-order chi connectivity index (χ0) is 19.9. The van der Waals surface area contributed by atoms with E-state index in [2.05, 4.69) is 15.6 Å². The minimum atomic E-state index is -0.128. The van der Waals surface area contributed by atoms with Gasteiger partial charge in [0.2, 0.25) is 5.91 Å². The number of aliphatic imine (C=N–C) groups is 1. The molecule has 1 aromatic carbocycles. The number of amides is 3. The summed E-state index contributed by atoms with van der Waals surface area (Å²) in [6.45, 7) is 3.81. The Kier molecular flexibility index (Phi) is 6.92. The summed E-state index contributed by atoms with van der Waals surface area (Å²) >= 11 is 1.63. The first-order chi connectivity index (χ1) is 13.6. The van der Waals surface area contributed by atoms with Crippen LogP contribution >= 0.6 is 11.8 Å². The molecule has 2 aliphatic rings. The van der Waals surface area contributed by atoms with Gasteiger partial charge in [-0.1, -0.05) is 30.3 Å². The third kappa shape index (κ3) is 4.84. The van der Waals surface area contributed by atoms with Gasteiger partial charge in [-0.25, -0.2) is 4.79 Å². The van der Waals surface area contributed by atoms with Gasteiger partial charge in [-0.3, -0.25) is 4.79 Å². The van der Waals surface area contributed by atoms with Crippen molar-refractivity contribution in [3.8, 4) is 0 Å². The SMILES string of the molecule is CCNC(=O)N1CCC2=C(C1)SC(NC(=O)/C=C/c1ccccc1)C2C=NC. The van der Waals surface area contributed by atoms with Gasteiger partial charge in [0.25, 0.3) is 0 Å². The Bertz CT molecular complexity index is 804. The van der Waals surface area contributed by atoms with E-state index in [1.54, 1.807) is 24.9 Å². The Morgan fingerprint density at radius 2 is 2.11 bits per heavy atom. The predicted molar refractivity (Wildman–Crippen MR) is 115 cm³/mol. The van der Waals surface area contributed by atoms with Crippen LogP contribution in [-0.2, 0) is 4.79 Å². The van der Waals surface area contributed by atoms with Crippen molar-refractivity contribution in [2.24, 2.45) is 10.9 Å². The summed E-state index contributed by atoms with van der Waals surface area (Å²) in [5, 5.41) is 5.85. The van der Waals surface area contributed by atoms with Crippen LogP contribution in [0.3, 0.4) is 0 Å². The quantitative estimate of drug-likeness (QED) is 0.592. The minimum absolute atomic E-state index is 0.0337. The summed E-state index contributed by atoms with van der Waals surface area (Å²) < 4.78 is 0. The molecule has 7 heteroatoms. The monoisotopic (exact) mass is 398 g/mol. The van der Waals surface area contributed by atoms with E-state index in [9.17, 15) is 9.59 Å². The van der Waals surface area contributed by atoms with Crippen molar-refractivity contribution in [2.45, 2.75) is 18.7 Å². The number of urea groups is 1. The second kappa shape index (κ2) is 9.59. The van der Waals surface area contributed by atoms with E-state index >= 15 is 0 Å². The highest BCUT2D eigenvalue weighted by Crippen LogP contribution is 2.44. The van der Waals surface area contributed by atoms with Gasteiger partial charge < -0.3 is 20.5 Å². The van der Waals surface area contributed by atoms with Crippen molar-refractivity contribution in [3.63, 3.8) is 0 Å². The normalized spacial score (nSPS) is 22.0. The smallest absolute Gasteiger partial charge is 0.317 e. The molecule has 0 saturated heterocycles. The van der Waals surface area contributed by atoms with Gasteiger partial charge in [0.1, 0.15) is 0 Å². The first kappa shape index (κ1) is 20.2. The van der Waals surface area contributed by atoms with Crippen LogP contribution < -0.4 is 10.6 Å². The maximum absolute atomic E-state index is 12.4. The highest BCUT2D eigenvalue weighted by Gasteiger charge is 2.38. The van der Waals surface area contributed by atoms with Crippen molar-refractivity contribution in [3.05, 3.63) is 52.4 Å². The van der Waals surface area contributed by atoms with E-state index in [4.69, 9.17) is 0 Å². The minimum Gasteiger partial charge on any atom is -0.339 e. The van der Waals surface area contributed by atoms with Crippen LogP contribution in [0.15, 0.2) is 51.9 Å². The Labute approximate surface area is 170 Å². The molecular formula is C21H26N4O2S. The van der Waals surface area contributed by atoms with E-state index in [-0.39, 0.29) is 23.2 Å². The van der Waals surface area contributed by atoms with Crippen molar-refractivity contribution >= 4 is 36.0 Å². The molecule has 0 aliphatic carbocycles. The first-order valence-corrected chi connectivity index (χ1v) is 10.4. The van der Waals surface area contributed by atoms with E-state index in [0.29, 0.717) is 19.6 Å². The average Bonchev–Trinajstić information content (AvgIpc) is 3.04. The van der Waals surface area contributed by atoms with E-state index in [1.807, 2.05) is 54.4 Å². The Morgan fingerprint density at radius 3 is 2.82 bits per heavy atom. The number of nitrogens with zero attached hydrogens (tertiary/aromatic N) is 2. The summed E-state index contributed by atoms with van der Waals surface area (Å²) in [4.78, 5) is 31.8. The highest BCUT2D eigenvalue weighted by atomic mass is 32.2. The fourth-order valence-corrected chi connectivity index (χ4v) is 4.91. The number of benzene rings is 1. The summed E-state index contributed by atoms with van der Waals surface area (Å²) in [6, 6.07) is 9.70. The van der Waals surface area contributed by atoms with Gasteiger partial charge in [-0.15, -0.1) is 11.8 Å².